The van der Waals surface area contributed by atoms with Crippen molar-refractivity contribution in [2.24, 2.45) is 0 Å². The minimum absolute atomic E-state index is 0.889. The Morgan fingerprint density at radius 3 is 1.33 bits per heavy atom. The van der Waals surface area contributed by atoms with E-state index in [2.05, 4.69) is 65.5 Å². The van der Waals surface area contributed by atoms with Crippen LogP contribution >= 0.6 is 0 Å². The summed E-state index contributed by atoms with van der Waals surface area (Å²) in [5.41, 5.74) is 0. The molecule has 0 rings (SSSR count). The third kappa shape index (κ3) is 8.96. The van der Waals surface area contributed by atoms with Crippen LogP contribution in [0.2, 0.25) is 65.5 Å². The summed E-state index contributed by atoms with van der Waals surface area (Å²) in [5, 5.41) is 0. The fourth-order valence-corrected chi connectivity index (χ4v) is 22.2. The summed E-state index contributed by atoms with van der Waals surface area (Å²) in [6, 6.07) is 0. The molecule has 0 fully saturated rings. The van der Waals surface area contributed by atoms with Crippen LogP contribution in [-0.4, -0.2) is 42.3 Å². The van der Waals surface area contributed by atoms with Crippen molar-refractivity contribution in [3.05, 3.63) is 0 Å². The normalized spacial score (nSPS) is 15.0. The average Bonchev–Trinajstić information content (AvgIpc) is 1.93. The van der Waals surface area contributed by atoms with E-state index < -0.39 is 33.3 Å². The highest BCUT2D eigenvalue weighted by Gasteiger charge is 2.41. The molecule has 0 aromatic heterocycles. The van der Waals surface area contributed by atoms with Crippen molar-refractivity contribution in [2.75, 3.05) is 0 Å². The maximum absolute atomic E-state index is 6.36. The zero-order valence-corrected chi connectivity index (χ0v) is 18.7. The first kappa shape index (κ1) is 19.0. The summed E-state index contributed by atoms with van der Waals surface area (Å²) >= 11 is 0. The second-order valence-electron chi connectivity index (χ2n) is 6.98. The predicted octanol–water partition coefficient (Wildman–Crippen LogP) is 3.73. The van der Waals surface area contributed by atoms with Crippen LogP contribution in [0, 0.1) is 0 Å². The molecule has 0 aliphatic rings. The molecule has 8 heteroatoms. The van der Waals surface area contributed by atoms with Crippen molar-refractivity contribution in [1.82, 2.24) is 0 Å². The van der Waals surface area contributed by atoms with Crippen LogP contribution in [0.5, 0.6) is 0 Å². The van der Waals surface area contributed by atoms with Gasteiger partial charge >= 0.3 is 17.1 Å². The van der Waals surface area contributed by atoms with E-state index in [-0.39, 0.29) is 0 Å². The molecule has 0 spiro atoms. The molecule has 0 N–H and O–H groups in total. The third-order valence-corrected chi connectivity index (χ3v) is 20.2. The highest BCUT2D eigenvalue weighted by molar-refractivity contribution is 7.21. The standard InChI is InChI=1S/C10H30O3Si5/c1-14-18(9,10)13-17(7,8)12-16(5,6)11-15(2,3)4/h1-10H3. The van der Waals surface area contributed by atoms with Gasteiger partial charge in [-0.3, -0.25) is 0 Å². The first-order valence-electron chi connectivity index (χ1n) is 6.47. The zero-order chi connectivity index (χ0) is 14.8. The minimum atomic E-state index is -2.07. The lowest BCUT2D eigenvalue weighted by molar-refractivity contribution is 0.333. The molecule has 0 atom stereocenters. The summed E-state index contributed by atoms with van der Waals surface area (Å²) in [6.07, 6.45) is 0. The van der Waals surface area contributed by atoms with Gasteiger partial charge in [-0.25, -0.2) is 0 Å². The first-order chi connectivity index (χ1) is 7.68. The lowest BCUT2D eigenvalue weighted by Gasteiger charge is -2.40. The van der Waals surface area contributed by atoms with Crippen molar-refractivity contribution in [1.29, 1.82) is 0 Å². The number of hydrogen-bond donors (Lipinski definition) is 0. The van der Waals surface area contributed by atoms with Gasteiger partial charge in [0.2, 0.25) is 0 Å². The maximum atomic E-state index is 6.36. The Morgan fingerprint density at radius 1 is 0.611 bits per heavy atom. The summed E-state index contributed by atoms with van der Waals surface area (Å²) in [6.45, 7) is 22.0. The fraction of sp³-hybridized carbons (Fsp3) is 1.00. The molecule has 0 saturated heterocycles. The Kier molecular flexibility index (Phi) is 6.49. The van der Waals surface area contributed by atoms with Gasteiger partial charge in [-0.15, -0.1) is 0 Å². The molecule has 0 heterocycles. The largest absolute Gasteiger partial charge is 0.440 e. The number of rotatable bonds is 7. The van der Waals surface area contributed by atoms with Gasteiger partial charge in [-0.05, 0) is 58.9 Å². The molecule has 3 nitrogen and oxygen atoms in total. The van der Waals surface area contributed by atoms with E-state index in [1.54, 1.807) is 0 Å². The molecule has 18 heavy (non-hydrogen) atoms. The topological polar surface area (TPSA) is 27.7 Å². The van der Waals surface area contributed by atoms with Gasteiger partial charge in [0, 0.05) is 0 Å². The summed E-state index contributed by atoms with van der Waals surface area (Å²) < 4.78 is 18.9. The second kappa shape index (κ2) is 6.16. The van der Waals surface area contributed by atoms with Crippen molar-refractivity contribution < 1.29 is 12.3 Å². The molecule has 0 aliphatic heterocycles. The van der Waals surface area contributed by atoms with Crippen LogP contribution in [0.15, 0.2) is 0 Å². The van der Waals surface area contributed by atoms with Gasteiger partial charge in [0.25, 0.3) is 0 Å². The van der Waals surface area contributed by atoms with Crippen molar-refractivity contribution >= 4 is 42.3 Å². The highest BCUT2D eigenvalue weighted by Crippen LogP contribution is 2.23. The Bertz CT molecular complexity index is 273. The Morgan fingerprint density at radius 2 is 1.00 bits per heavy atom. The Hall–Kier alpha value is 0.964. The first-order valence-corrected chi connectivity index (χ1v) is 20.9. The van der Waals surface area contributed by atoms with Crippen LogP contribution in [0.4, 0.5) is 0 Å². The zero-order valence-electron chi connectivity index (χ0n) is 13.7. The van der Waals surface area contributed by atoms with Crippen LogP contribution in [0.3, 0.4) is 0 Å². The van der Waals surface area contributed by atoms with Gasteiger partial charge < -0.3 is 12.3 Å². The van der Waals surface area contributed by atoms with E-state index in [9.17, 15) is 0 Å². The van der Waals surface area contributed by atoms with Crippen LogP contribution in [-0.2, 0) is 12.3 Å². The lowest BCUT2D eigenvalue weighted by Crippen LogP contribution is -2.57. The average molecular weight is 339 g/mol. The van der Waals surface area contributed by atoms with Gasteiger partial charge in [0.15, 0.2) is 16.2 Å². The summed E-state index contributed by atoms with van der Waals surface area (Å²) in [5.74, 6) is 0. The molecular formula is C10H30O3Si5. The van der Waals surface area contributed by atoms with E-state index in [4.69, 9.17) is 12.3 Å². The van der Waals surface area contributed by atoms with E-state index in [0.29, 0.717) is 0 Å². The monoisotopic (exact) mass is 338 g/mol. The van der Waals surface area contributed by atoms with Gasteiger partial charge in [-0.1, -0.05) is 6.55 Å². The maximum Gasteiger partial charge on any atom is 0.312 e. The molecule has 0 aromatic carbocycles. The van der Waals surface area contributed by atoms with Gasteiger partial charge in [-0.2, -0.15) is 0 Å². The molecule has 2 radical (unpaired) electrons. The van der Waals surface area contributed by atoms with Crippen LogP contribution in [0.1, 0.15) is 0 Å². The van der Waals surface area contributed by atoms with E-state index in [0.717, 1.165) is 9.04 Å². The molecule has 0 aliphatic carbocycles. The SMILES string of the molecule is C[Si][Si](C)(C)O[Si](C)(C)O[Si](C)(C)O[Si](C)(C)C. The highest BCUT2D eigenvalue weighted by atomic mass is 29.2. The van der Waals surface area contributed by atoms with Gasteiger partial charge in [0.1, 0.15) is 0 Å². The molecule has 0 unspecified atom stereocenters. The Balaban J connectivity index is 4.66. The van der Waals surface area contributed by atoms with Crippen LogP contribution in [0.25, 0.3) is 0 Å². The summed E-state index contributed by atoms with van der Waals surface area (Å²) in [4.78, 5) is 0. The van der Waals surface area contributed by atoms with Crippen molar-refractivity contribution in [2.45, 2.75) is 65.5 Å². The van der Waals surface area contributed by atoms with Gasteiger partial charge in [0.05, 0.1) is 9.04 Å². The summed E-state index contributed by atoms with van der Waals surface area (Å²) in [7, 11) is -6.31. The lowest BCUT2D eigenvalue weighted by atomic mass is 11.8. The quantitative estimate of drug-likeness (QED) is 0.662. The minimum Gasteiger partial charge on any atom is -0.440 e. The molecule has 108 valence electrons. The molecule has 0 aromatic rings. The smallest absolute Gasteiger partial charge is 0.312 e. The number of hydrogen-bond acceptors (Lipinski definition) is 3. The van der Waals surface area contributed by atoms with E-state index in [1.165, 1.54) is 0 Å². The molecule has 0 bridgehead atoms. The van der Waals surface area contributed by atoms with Crippen molar-refractivity contribution in [3.8, 4) is 0 Å². The third-order valence-electron chi connectivity index (χ3n) is 2.15. The van der Waals surface area contributed by atoms with E-state index >= 15 is 0 Å². The molecule has 0 saturated carbocycles. The fourth-order valence-electron chi connectivity index (χ4n) is 2.04. The second-order valence-corrected chi connectivity index (χ2v) is 27.9. The molecule has 0 amide bonds. The Labute approximate surface area is 120 Å². The van der Waals surface area contributed by atoms with Crippen LogP contribution < -0.4 is 0 Å². The van der Waals surface area contributed by atoms with Crippen molar-refractivity contribution in [3.63, 3.8) is 0 Å². The molecular weight excluding hydrogens is 309 g/mol. The predicted molar refractivity (Wildman–Crippen MR) is 90.7 cm³/mol. The van der Waals surface area contributed by atoms with E-state index in [1.807, 2.05) is 0 Å².